The first-order chi connectivity index (χ1) is 3.13. The van der Waals surface area contributed by atoms with Gasteiger partial charge in [0.15, 0.2) is 5.97 Å². The van der Waals surface area contributed by atoms with Gasteiger partial charge in [-0.3, -0.25) is 11.7 Å². The average molecular weight is 212 g/mol. The van der Waals surface area contributed by atoms with Crippen LogP contribution in [0.15, 0.2) is 0 Å². The van der Waals surface area contributed by atoms with Gasteiger partial charge in [-0.1, -0.05) is 0 Å². The summed E-state index contributed by atoms with van der Waals surface area (Å²) in [7, 11) is -3.10. The van der Waals surface area contributed by atoms with E-state index in [2.05, 4.69) is 11.4 Å². The van der Waals surface area contributed by atoms with E-state index in [1.54, 1.807) is 0 Å². The normalized spacial score (nSPS) is 11.1. The van der Waals surface area contributed by atoms with Crippen molar-refractivity contribution in [3.8, 4) is 0 Å². The molecule has 45 valence electrons. The molecular weight excluding hydrogens is 208 g/mol. The van der Waals surface area contributed by atoms with Gasteiger partial charge >= 0.3 is 8.25 Å². The molecule has 0 amide bonds. The SMILES string of the molecule is [CH2-]C(=O)O[PH](=O)O.[Y]. The predicted octanol–water partition coefficient (Wildman–Crippen LogP) is -0.257. The number of carbonyl (C=O) groups excluding carboxylic acids is 1. The van der Waals surface area contributed by atoms with Gasteiger partial charge in [-0.15, -0.1) is 0 Å². The van der Waals surface area contributed by atoms with E-state index < -0.39 is 14.2 Å². The molecule has 1 unspecified atom stereocenters. The molecule has 0 aromatic heterocycles. The number of hydrogen-bond donors (Lipinski definition) is 1. The van der Waals surface area contributed by atoms with Gasteiger partial charge in [-0.25, -0.2) is 4.57 Å². The fraction of sp³-hybridized carbons (Fsp3) is 0. The second-order valence-electron chi connectivity index (χ2n) is 0.740. The Hall–Kier alpha value is 0.634. The first kappa shape index (κ1) is 11.4. The van der Waals surface area contributed by atoms with Crippen LogP contribution in [0.3, 0.4) is 0 Å². The Morgan fingerprint density at radius 3 is 2.12 bits per heavy atom. The molecule has 1 atom stereocenters. The van der Waals surface area contributed by atoms with Crippen LogP contribution in [-0.2, 0) is 46.6 Å². The van der Waals surface area contributed by atoms with Crippen molar-refractivity contribution < 1.29 is 51.5 Å². The molecular formula is C2H4O4PY-. The standard InChI is InChI=1S/C2H4O4P.Y/c1-2(3)6-7(4)5;/h7H,1H2,(H,4,5);/q-1;. The minimum atomic E-state index is -3.10. The Labute approximate surface area is 72.4 Å². The largest absolute Gasteiger partial charge is 0.421 e. The van der Waals surface area contributed by atoms with Crippen LogP contribution in [0.5, 0.6) is 0 Å². The summed E-state index contributed by atoms with van der Waals surface area (Å²) >= 11 is 0. The van der Waals surface area contributed by atoms with Crippen LogP contribution < -0.4 is 0 Å². The van der Waals surface area contributed by atoms with Crippen molar-refractivity contribution in [3.05, 3.63) is 6.92 Å². The van der Waals surface area contributed by atoms with E-state index in [1.807, 2.05) is 0 Å². The smallest absolute Gasteiger partial charge is 0.365 e. The van der Waals surface area contributed by atoms with E-state index in [0.717, 1.165) is 0 Å². The number of hydrogen-bond acceptors (Lipinski definition) is 3. The average Bonchev–Trinajstić information content (AvgIpc) is 1.27. The maximum absolute atomic E-state index is 9.59. The van der Waals surface area contributed by atoms with Crippen LogP contribution in [0.25, 0.3) is 0 Å². The van der Waals surface area contributed by atoms with Gasteiger partial charge in [0.05, 0.1) is 0 Å². The van der Waals surface area contributed by atoms with Crippen molar-refractivity contribution in [3.63, 3.8) is 0 Å². The Morgan fingerprint density at radius 1 is 1.75 bits per heavy atom. The molecule has 1 N–H and O–H groups in total. The van der Waals surface area contributed by atoms with Crippen LogP contribution >= 0.6 is 8.25 Å². The quantitative estimate of drug-likeness (QED) is 0.480. The first-order valence-electron chi connectivity index (χ1n) is 1.39. The van der Waals surface area contributed by atoms with Crippen molar-refractivity contribution in [2.45, 2.75) is 0 Å². The van der Waals surface area contributed by atoms with E-state index >= 15 is 0 Å². The molecule has 0 heterocycles. The summed E-state index contributed by atoms with van der Waals surface area (Å²) in [6.45, 7) is 2.68. The summed E-state index contributed by atoms with van der Waals surface area (Å²) in [6.07, 6.45) is 0. The molecule has 0 saturated carbocycles. The van der Waals surface area contributed by atoms with Crippen LogP contribution in [0.4, 0.5) is 0 Å². The van der Waals surface area contributed by atoms with E-state index in [1.165, 1.54) is 0 Å². The first-order valence-corrected chi connectivity index (χ1v) is 2.66. The predicted molar refractivity (Wildman–Crippen MR) is 22.7 cm³/mol. The monoisotopic (exact) mass is 212 g/mol. The molecule has 0 aliphatic rings. The fourth-order valence-electron chi connectivity index (χ4n) is 0.0974. The zero-order valence-corrected chi connectivity index (χ0v) is 7.79. The molecule has 0 saturated heterocycles. The van der Waals surface area contributed by atoms with Gasteiger partial charge in [0.1, 0.15) is 0 Å². The maximum atomic E-state index is 9.59. The topological polar surface area (TPSA) is 63.6 Å². The van der Waals surface area contributed by atoms with Crippen molar-refractivity contribution >= 4 is 14.2 Å². The third-order valence-corrected chi connectivity index (χ3v) is 0.603. The van der Waals surface area contributed by atoms with Crippen LogP contribution in [0.1, 0.15) is 0 Å². The Bertz CT molecular complexity index is 90.2. The van der Waals surface area contributed by atoms with Gasteiger partial charge in [0.25, 0.3) is 0 Å². The summed E-state index contributed by atoms with van der Waals surface area (Å²) in [6, 6.07) is 0. The van der Waals surface area contributed by atoms with Gasteiger partial charge < -0.3 is 9.42 Å². The van der Waals surface area contributed by atoms with Crippen LogP contribution in [0.2, 0.25) is 0 Å². The Morgan fingerprint density at radius 2 is 2.12 bits per heavy atom. The third kappa shape index (κ3) is 9.81. The van der Waals surface area contributed by atoms with E-state index in [0.29, 0.717) is 0 Å². The molecule has 0 aliphatic heterocycles. The van der Waals surface area contributed by atoms with Gasteiger partial charge in [0.2, 0.25) is 0 Å². The zero-order chi connectivity index (χ0) is 5.86. The minimum absolute atomic E-state index is 0. The Kier molecular flexibility index (Phi) is 8.24. The second kappa shape index (κ2) is 5.76. The van der Waals surface area contributed by atoms with Crippen molar-refractivity contribution in [1.29, 1.82) is 0 Å². The molecule has 0 rings (SSSR count). The van der Waals surface area contributed by atoms with Gasteiger partial charge in [-0.2, -0.15) is 0 Å². The van der Waals surface area contributed by atoms with E-state index in [4.69, 9.17) is 4.89 Å². The van der Waals surface area contributed by atoms with Crippen molar-refractivity contribution in [1.82, 2.24) is 0 Å². The third-order valence-electron chi connectivity index (χ3n) is 0.201. The molecule has 0 spiro atoms. The van der Waals surface area contributed by atoms with E-state index in [9.17, 15) is 9.36 Å². The molecule has 4 nitrogen and oxygen atoms in total. The van der Waals surface area contributed by atoms with Gasteiger partial charge in [0, 0.05) is 32.7 Å². The molecule has 1 radical (unpaired) electrons. The van der Waals surface area contributed by atoms with Gasteiger partial charge in [-0.05, 0) is 0 Å². The molecule has 0 fully saturated rings. The summed E-state index contributed by atoms with van der Waals surface area (Å²) in [5.41, 5.74) is 0. The number of rotatable bonds is 1. The molecule has 6 heteroatoms. The fourth-order valence-corrected chi connectivity index (χ4v) is 0.292. The summed E-state index contributed by atoms with van der Waals surface area (Å²) in [5.74, 6) is -0.980. The molecule has 0 aromatic carbocycles. The molecule has 0 aromatic rings. The minimum Gasteiger partial charge on any atom is -0.421 e. The van der Waals surface area contributed by atoms with Crippen LogP contribution in [-0.4, -0.2) is 10.9 Å². The summed E-state index contributed by atoms with van der Waals surface area (Å²) < 4.78 is 13.1. The summed E-state index contributed by atoms with van der Waals surface area (Å²) in [5, 5.41) is 0. The molecule has 0 bridgehead atoms. The maximum Gasteiger partial charge on any atom is 0.365 e. The zero-order valence-electron chi connectivity index (χ0n) is 3.96. The summed E-state index contributed by atoms with van der Waals surface area (Å²) in [4.78, 5) is 17.4. The van der Waals surface area contributed by atoms with Crippen LogP contribution in [0, 0.1) is 6.92 Å². The molecule has 8 heavy (non-hydrogen) atoms. The van der Waals surface area contributed by atoms with E-state index in [-0.39, 0.29) is 32.7 Å². The number of carbonyl (C=O) groups is 1. The van der Waals surface area contributed by atoms with Crippen molar-refractivity contribution in [2.75, 3.05) is 0 Å². The Balaban J connectivity index is 0. The second-order valence-corrected chi connectivity index (χ2v) is 1.48. The molecule has 0 aliphatic carbocycles. The van der Waals surface area contributed by atoms with Crippen molar-refractivity contribution in [2.24, 2.45) is 0 Å².